The molecule has 0 heterocycles. The first-order valence-corrected chi connectivity index (χ1v) is 9.12. The summed E-state index contributed by atoms with van der Waals surface area (Å²) in [5.74, 6) is 2.62. The van der Waals surface area contributed by atoms with E-state index in [1.807, 2.05) is 72.8 Å². The lowest BCUT2D eigenvalue weighted by molar-refractivity contribution is 0.306. The van der Waals surface area contributed by atoms with Crippen LogP contribution in [0.5, 0.6) is 17.2 Å². The second kappa shape index (κ2) is 9.52. The van der Waals surface area contributed by atoms with Crippen molar-refractivity contribution in [3.63, 3.8) is 0 Å². The highest BCUT2D eigenvalue weighted by Crippen LogP contribution is 2.24. The van der Waals surface area contributed by atoms with Gasteiger partial charge in [-0.05, 0) is 48.9 Å². The Morgan fingerprint density at radius 3 is 2.23 bits per heavy atom. The number of ether oxygens (including phenoxy) is 2. The zero-order chi connectivity index (χ0) is 18.0. The Bertz CT molecular complexity index is 785. The fourth-order valence-electron chi connectivity index (χ4n) is 2.58. The van der Waals surface area contributed by atoms with E-state index in [2.05, 4.69) is 18.3 Å². The van der Waals surface area contributed by atoms with Gasteiger partial charge >= 0.3 is 0 Å². The Kier molecular flexibility index (Phi) is 6.54. The summed E-state index contributed by atoms with van der Waals surface area (Å²) in [6, 6.07) is 26.0. The van der Waals surface area contributed by atoms with Crippen LogP contribution in [0.3, 0.4) is 0 Å². The van der Waals surface area contributed by atoms with E-state index < -0.39 is 0 Å². The van der Waals surface area contributed by atoms with Crippen LogP contribution in [0, 0.1) is 0 Å². The van der Waals surface area contributed by atoms with Gasteiger partial charge in [0.15, 0.2) is 0 Å². The molecule has 0 aliphatic heterocycles. The summed E-state index contributed by atoms with van der Waals surface area (Å²) in [6.45, 7) is 3.65. The van der Waals surface area contributed by atoms with Crippen molar-refractivity contribution in [2.45, 2.75) is 26.3 Å². The monoisotopic (exact) mass is 347 g/mol. The summed E-state index contributed by atoms with van der Waals surface area (Å²) < 4.78 is 11.7. The van der Waals surface area contributed by atoms with Crippen LogP contribution in [0.4, 0.5) is 5.69 Å². The van der Waals surface area contributed by atoms with E-state index in [0.29, 0.717) is 0 Å². The molecule has 0 spiro atoms. The van der Waals surface area contributed by atoms with Gasteiger partial charge < -0.3 is 14.8 Å². The molecule has 0 aromatic heterocycles. The number of hydrogen-bond donors (Lipinski definition) is 1. The van der Waals surface area contributed by atoms with Crippen LogP contribution in [0.1, 0.15) is 25.3 Å². The summed E-state index contributed by atoms with van der Waals surface area (Å²) in [5, 5.41) is 3.45. The smallest absolute Gasteiger partial charge is 0.127 e. The molecule has 0 amide bonds. The first-order valence-electron chi connectivity index (χ1n) is 9.12. The lowest BCUT2D eigenvalue weighted by Crippen LogP contribution is -2.04. The molecule has 1 N–H and O–H groups in total. The van der Waals surface area contributed by atoms with Crippen LogP contribution >= 0.6 is 0 Å². The Balaban J connectivity index is 1.57. The van der Waals surface area contributed by atoms with Gasteiger partial charge in [-0.2, -0.15) is 0 Å². The molecule has 0 fully saturated rings. The quantitative estimate of drug-likeness (QED) is 0.463. The van der Waals surface area contributed by atoms with E-state index in [1.54, 1.807) is 0 Å². The average Bonchev–Trinajstić information content (AvgIpc) is 2.69. The van der Waals surface area contributed by atoms with Gasteiger partial charge in [-0.1, -0.05) is 49.7 Å². The minimum Gasteiger partial charge on any atom is -0.493 e. The van der Waals surface area contributed by atoms with E-state index in [4.69, 9.17) is 9.47 Å². The number of anilines is 1. The van der Waals surface area contributed by atoms with Crippen molar-refractivity contribution in [3.8, 4) is 17.2 Å². The highest BCUT2D eigenvalue weighted by molar-refractivity contribution is 5.48. The highest BCUT2D eigenvalue weighted by atomic mass is 16.5. The third-order valence-corrected chi connectivity index (χ3v) is 4.04. The molecule has 0 aliphatic rings. The molecule has 3 aromatic carbocycles. The highest BCUT2D eigenvalue weighted by Gasteiger charge is 2.03. The molecule has 0 aliphatic carbocycles. The van der Waals surface area contributed by atoms with Gasteiger partial charge in [0, 0.05) is 17.8 Å². The number of benzene rings is 3. The van der Waals surface area contributed by atoms with E-state index in [0.717, 1.165) is 54.5 Å². The Labute approximate surface area is 155 Å². The lowest BCUT2D eigenvalue weighted by atomic mass is 10.2. The maximum atomic E-state index is 5.89. The van der Waals surface area contributed by atoms with Gasteiger partial charge in [0.25, 0.3) is 0 Å². The van der Waals surface area contributed by atoms with Gasteiger partial charge in [0.05, 0.1) is 6.61 Å². The van der Waals surface area contributed by atoms with Gasteiger partial charge in [-0.3, -0.25) is 0 Å². The molecule has 26 heavy (non-hydrogen) atoms. The topological polar surface area (TPSA) is 30.5 Å². The zero-order valence-corrected chi connectivity index (χ0v) is 15.2. The molecule has 134 valence electrons. The third kappa shape index (κ3) is 5.28. The maximum Gasteiger partial charge on any atom is 0.127 e. The fourth-order valence-corrected chi connectivity index (χ4v) is 2.58. The van der Waals surface area contributed by atoms with Gasteiger partial charge in [-0.15, -0.1) is 0 Å². The summed E-state index contributed by atoms with van der Waals surface area (Å²) >= 11 is 0. The average molecular weight is 347 g/mol. The lowest BCUT2D eigenvalue weighted by Gasteiger charge is -2.13. The van der Waals surface area contributed by atoms with Crippen molar-refractivity contribution in [2.24, 2.45) is 0 Å². The van der Waals surface area contributed by atoms with E-state index in [9.17, 15) is 0 Å². The molecular formula is C23H25NO2. The zero-order valence-electron chi connectivity index (χ0n) is 15.2. The molecule has 3 rings (SSSR count). The predicted molar refractivity (Wildman–Crippen MR) is 107 cm³/mol. The van der Waals surface area contributed by atoms with Crippen molar-refractivity contribution in [1.82, 2.24) is 0 Å². The molecule has 0 radical (unpaired) electrons. The van der Waals surface area contributed by atoms with Crippen LogP contribution < -0.4 is 14.8 Å². The van der Waals surface area contributed by atoms with Gasteiger partial charge in [0.1, 0.15) is 17.2 Å². The van der Waals surface area contributed by atoms with E-state index >= 15 is 0 Å². The van der Waals surface area contributed by atoms with E-state index in [1.165, 1.54) is 0 Å². The van der Waals surface area contributed by atoms with Crippen LogP contribution in [-0.2, 0) is 6.54 Å². The van der Waals surface area contributed by atoms with Crippen molar-refractivity contribution in [1.29, 1.82) is 0 Å². The molecule has 3 heteroatoms. The fraction of sp³-hybridized carbons (Fsp3) is 0.217. The number of unbranched alkanes of at least 4 members (excludes halogenated alkanes) is 1. The number of hydrogen-bond acceptors (Lipinski definition) is 3. The van der Waals surface area contributed by atoms with Crippen LogP contribution in [-0.4, -0.2) is 6.61 Å². The second-order valence-corrected chi connectivity index (χ2v) is 6.10. The minimum absolute atomic E-state index is 0.723. The molecule has 0 saturated heterocycles. The Hall–Kier alpha value is -2.94. The molecule has 0 saturated carbocycles. The van der Waals surface area contributed by atoms with Crippen molar-refractivity contribution >= 4 is 5.69 Å². The van der Waals surface area contributed by atoms with Crippen molar-refractivity contribution in [3.05, 3.63) is 84.4 Å². The minimum atomic E-state index is 0.723. The molecule has 0 atom stereocenters. The normalized spacial score (nSPS) is 10.3. The molecule has 3 aromatic rings. The van der Waals surface area contributed by atoms with Crippen LogP contribution in [0.2, 0.25) is 0 Å². The van der Waals surface area contributed by atoms with Gasteiger partial charge in [0.2, 0.25) is 0 Å². The molecular weight excluding hydrogens is 322 g/mol. The summed E-state index contributed by atoms with van der Waals surface area (Å²) in [4.78, 5) is 0. The van der Waals surface area contributed by atoms with Crippen LogP contribution in [0.25, 0.3) is 0 Å². The number of para-hydroxylation sites is 2. The Morgan fingerprint density at radius 2 is 1.46 bits per heavy atom. The summed E-state index contributed by atoms with van der Waals surface area (Å²) in [6.07, 6.45) is 2.21. The summed E-state index contributed by atoms with van der Waals surface area (Å²) in [7, 11) is 0. The first-order chi connectivity index (χ1) is 12.8. The maximum absolute atomic E-state index is 5.89. The van der Waals surface area contributed by atoms with Crippen LogP contribution in [0.15, 0.2) is 78.9 Å². The SMILES string of the molecule is CCCCOc1ccccc1CNc1ccc(Oc2ccccc2)cc1. The molecule has 3 nitrogen and oxygen atoms in total. The predicted octanol–water partition coefficient (Wildman–Crippen LogP) is 6.27. The van der Waals surface area contributed by atoms with Crippen molar-refractivity contribution in [2.75, 3.05) is 11.9 Å². The molecule has 0 bridgehead atoms. The van der Waals surface area contributed by atoms with E-state index in [-0.39, 0.29) is 0 Å². The number of rotatable bonds is 9. The van der Waals surface area contributed by atoms with Gasteiger partial charge in [-0.25, -0.2) is 0 Å². The van der Waals surface area contributed by atoms with Crippen molar-refractivity contribution < 1.29 is 9.47 Å². The summed E-state index contributed by atoms with van der Waals surface area (Å²) in [5.41, 5.74) is 2.21. The third-order valence-electron chi connectivity index (χ3n) is 4.04. The molecule has 0 unspecified atom stereocenters. The first kappa shape index (κ1) is 17.9. The number of nitrogens with one attached hydrogen (secondary N) is 1. The standard InChI is InChI=1S/C23H25NO2/c1-2-3-17-25-23-12-8-7-9-19(23)18-24-20-13-15-22(16-14-20)26-21-10-5-4-6-11-21/h4-16,24H,2-3,17-18H2,1H3. The Morgan fingerprint density at radius 1 is 0.769 bits per heavy atom. The second-order valence-electron chi connectivity index (χ2n) is 6.10. The largest absolute Gasteiger partial charge is 0.493 e.